The topological polar surface area (TPSA) is 15.3 Å². The van der Waals surface area contributed by atoms with E-state index in [0.29, 0.717) is 0 Å². The molecule has 2 atom stereocenters. The minimum absolute atomic E-state index is 0.0553. The first kappa shape index (κ1) is 14.0. The Balaban J connectivity index is 2.61. The molecule has 0 radical (unpaired) electrons. The lowest BCUT2D eigenvalue weighted by Gasteiger charge is -2.37. The van der Waals surface area contributed by atoms with Crippen LogP contribution in [0.4, 0.5) is 22.0 Å². The molecule has 0 aliphatic carbocycles. The van der Waals surface area contributed by atoms with E-state index in [9.17, 15) is 22.0 Å². The Morgan fingerprint density at radius 2 is 1.94 bits per heavy atom. The molecule has 0 saturated carbocycles. The third-order valence-corrected chi connectivity index (χ3v) is 3.27. The fraction of sp³-hybridized carbons (Fsp3) is 1.00. The summed E-state index contributed by atoms with van der Waals surface area (Å²) in [5.74, 6) is -4.21. The predicted octanol–water partition coefficient (Wildman–Crippen LogP) is 2.33. The molecule has 1 rings (SSSR count). The Bertz CT molecular complexity index is 223. The third-order valence-electron chi connectivity index (χ3n) is 2.52. The Labute approximate surface area is 94.7 Å². The van der Waals surface area contributed by atoms with Crippen LogP contribution in [0.5, 0.6) is 0 Å². The lowest BCUT2D eigenvalue weighted by Crippen LogP contribution is -2.49. The van der Waals surface area contributed by atoms with Crippen molar-refractivity contribution >= 4 is 11.9 Å². The number of nitrogens with one attached hydrogen (secondary N) is 1. The molecule has 96 valence electrons. The van der Waals surface area contributed by atoms with E-state index in [-0.39, 0.29) is 31.5 Å². The van der Waals surface area contributed by atoms with Gasteiger partial charge in [0.1, 0.15) is 0 Å². The van der Waals surface area contributed by atoms with Gasteiger partial charge in [0.15, 0.2) is 0 Å². The van der Waals surface area contributed by atoms with Crippen molar-refractivity contribution in [1.82, 2.24) is 9.62 Å². The van der Waals surface area contributed by atoms with Crippen molar-refractivity contribution in [2.45, 2.75) is 24.4 Å². The van der Waals surface area contributed by atoms with Gasteiger partial charge in [-0.2, -0.15) is 22.0 Å². The summed E-state index contributed by atoms with van der Waals surface area (Å²) in [4.78, 5) is 0. The van der Waals surface area contributed by atoms with Gasteiger partial charge in [-0.05, 0) is 25.4 Å². The molecule has 1 fully saturated rings. The smallest absolute Gasteiger partial charge is 0.316 e. The summed E-state index contributed by atoms with van der Waals surface area (Å²) in [6, 6.07) is -0.397. The molecule has 2 nitrogen and oxygen atoms in total. The zero-order valence-corrected chi connectivity index (χ0v) is 9.42. The average Bonchev–Trinajstić information content (AvgIpc) is 2.14. The van der Waals surface area contributed by atoms with Crippen LogP contribution in [0.15, 0.2) is 0 Å². The quantitative estimate of drug-likeness (QED) is 0.622. The highest BCUT2D eigenvalue weighted by Crippen LogP contribution is 2.36. The van der Waals surface area contributed by atoms with E-state index in [1.165, 1.54) is 7.05 Å². The van der Waals surface area contributed by atoms with E-state index in [1.54, 1.807) is 0 Å². The molecule has 0 aromatic carbocycles. The van der Waals surface area contributed by atoms with Crippen LogP contribution in [-0.2, 0) is 0 Å². The van der Waals surface area contributed by atoms with Gasteiger partial charge in [-0.25, -0.2) is 4.31 Å². The molecule has 1 aliphatic rings. The van der Waals surface area contributed by atoms with Crippen molar-refractivity contribution in [3.8, 4) is 0 Å². The fourth-order valence-corrected chi connectivity index (χ4v) is 2.46. The SMILES string of the molecule is CNC1CC(C(F)(F)F)CN(SC(F)F)C1. The zero-order chi connectivity index (χ0) is 12.3. The van der Waals surface area contributed by atoms with Crippen molar-refractivity contribution in [2.75, 3.05) is 20.1 Å². The van der Waals surface area contributed by atoms with Gasteiger partial charge >= 0.3 is 6.18 Å². The molecule has 1 saturated heterocycles. The average molecular weight is 264 g/mol. The van der Waals surface area contributed by atoms with Crippen molar-refractivity contribution in [1.29, 1.82) is 0 Å². The molecule has 0 spiro atoms. The highest BCUT2D eigenvalue weighted by molar-refractivity contribution is 7.97. The van der Waals surface area contributed by atoms with Crippen molar-refractivity contribution < 1.29 is 22.0 Å². The summed E-state index contributed by atoms with van der Waals surface area (Å²) < 4.78 is 62.8. The highest BCUT2D eigenvalue weighted by Gasteiger charge is 2.44. The van der Waals surface area contributed by atoms with Crippen LogP contribution in [0.25, 0.3) is 0 Å². The van der Waals surface area contributed by atoms with Crippen LogP contribution in [-0.4, -0.2) is 42.4 Å². The van der Waals surface area contributed by atoms with Crippen LogP contribution in [0, 0.1) is 5.92 Å². The van der Waals surface area contributed by atoms with Crippen LogP contribution in [0.2, 0.25) is 0 Å². The largest absolute Gasteiger partial charge is 0.393 e. The number of alkyl halides is 5. The van der Waals surface area contributed by atoms with Crippen molar-refractivity contribution in [3.63, 3.8) is 0 Å². The molecular weight excluding hydrogens is 251 g/mol. The van der Waals surface area contributed by atoms with E-state index in [2.05, 4.69) is 5.32 Å². The van der Waals surface area contributed by atoms with Gasteiger partial charge in [-0.15, -0.1) is 0 Å². The summed E-state index contributed by atoms with van der Waals surface area (Å²) in [5.41, 5.74) is 0. The second-order valence-corrected chi connectivity index (χ2v) is 4.76. The van der Waals surface area contributed by atoms with Crippen LogP contribution >= 0.6 is 11.9 Å². The monoisotopic (exact) mass is 264 g/mol. The van der Waals surface area contributed by atoms with Gasteiger partial charge in [-0.3, -0.25) is 0 Å². The Kier molecular flexibility index (Phi) is 4.81. The summed E-state index contributed by atoms with van der Waals surface area (Å²) in [7, 11) is 1.54. The first-order chi connectivity index (χ1) is 7.32. The Morgan fingerprint density at radius 1 is 1.31 bits per heavy atom. The lowest BCUT2D eigenvalue weighted by molar-refractivity contribution is -0.184. The maximum Gasteiger partial charge on any atom is 0.393 e. The van der Waals surface area contributed by atoms with E-state index in [1.807, 2.05) is 0 Å². The summed E-state index contributed by atoms with van der Waals surface area (Å²) in [6.07, 6.45) is -4.38. The number of halogens is 5. The molecule has 0 amide bonds. The maximum atomic E-state index is 12.5. The number of rotatable bonds is 3. The van der Waals surface area contributed by atoms with E-state index in [4.69, 9.17) is 0 Å². The molecule has 16 heavy (non-hydrogen) atoms. The van der Waals surface area contributed by atoms with Gasteiger partial charge in [-0.1, -0.05) is 0 Å². The number of likely N-dealkylation sites (N-methyl/N-ethyl adjacent to an activating group) is 1. The standard InChI is InChI=1S/C8H13F5N2S/c1-14-6-2-5(8(11,12)13)3-15(4-6)16-7(9)10/h5-7,14H,2-4H2,1H3. The normalized spacial score (nSPS) is 28.7. The Hall–Kier alpha value is -0.0800. The molecule has 1 aliphatic heterocycles. The molecule has 0 aromatic rings. The molecule has 0 bridgehead atoms. The second-order valence-electron chi connectivity index (χ2n) is 3.67. The van der Waals surface area contributed by atoms with Crippen molar-refractivity contribution in [2.24, 2.45) is 5.92 Å². The minimum Gasteiger partial charge on any atom is -0.316 e. The van der Waals surface area contributed by atoms with E-state index in [0.717, 1.165) is 4.31 Å². The molecule has 1 N–H and O–H groups in total. The summed E-state index contributed by atoms with van der Waals surface area (Å²) in [6.45, 7) is -0.158. The number of hydrogen-bond donors (Lipinski definition) is 1. The third kappa shape index (κ3) is 4.06. The van der Waals surface area contributed by atoms with Crippen LogP contribution < -0.4 is 5.32 Å². The van der Waals surface area contributed by atoms with E-state index < -0.39 is 23.9 Å². The minimum atomic E-state index is -4.32. The van der Waals surface area contributed by atoms with Gasteiger partial charge in [0.2, 0.25) is 0 Å². The van der Waals surface area contributed by atoms with Crippen LogP contribution in [0.1, 0.15) is 6.42 Å². The first-order valence-electron chi connectivity index (χ1n) is 4.76. The van der Waals surface area contributed by atoms with Crippen molar-refractivity contribution in [3.05, 3.63) is 0 Å². The molecule has 8 heteroatoms. The first-order valence-corrected chi connectivity index (χ1v) is 5.60. The van der Waals surface area contributed by atoms with Gasteiger partial charge in [0, 0.05) is 19.1 Å². The molecule has 2 unspecified atom stereocenters. The maximum absolute atomic E-state index is 12.5. The lowest BCUT2D eigenvalue weighted by atomic mass is 9.95. The zero-order valence-electron chi connectivity index (χ0n) is 8.60. The van der Waals surface area contributed by atoms with E-state index >= 15 is 0 Å². The van der Waals surface area contributed by atoms with Crippen LogP contribution in [0.3, 0.4) is 0 Å². The predicted molar refractivity (Wildman–Crippen MR) is 52.2 cm³/mol. The van der Waals surface area contributed by atoms with Gasteiger partial charge in [0.25, 0.3) is 5.76 Å². The number of hydrogen-bond acceptors (Lipinski definition) is 3. The molecule has 0 aromatic heterocycles. The summed E-state index contributed by atoms with van der Waals surface area (Å²) >= 11 is 0.174. The molecule has 1 heterocycles. The number of nitrogens with zero attached hydrogens (tertiary/aromatic N) is 1. The van der Waals surface area contributed by atoms with Gasteiger partial charge in [0.05, 0.1) is 5.92 Å². The fourth-order valence-electron chi connectivity index (χ4n) is 1.70. The number of piperidine rings is 1. The molecular formula is C8H13F5N2S. The second kappa shape index (κ2) is 5.50. The Morgan fingerprint density at radius 3 is 2.38 bits per heavy atom. The summed E-state index contributed by atoms with van der Waals surface area (Å²) in [5, 5.41) is 2.71. The van der Waals surface area contributed by atoms with Gasteiger partial charge < -0.3 is 5.32 Å². The highest BCUT2D eigenvalue weighted by atomic mass is 32.2.